The van der Waals surface area contributed by atoms with E-state index in [2.05, 4.69) is 25.9 Å². The zero-order chi connectivity index (χ0) is 6.81. The molecule has 1 saturated heterocycles. The van der Waals surface area contributed by atoms with E-state index in [0.717, 1.165) is 6.54 Å². The van der Waals surface area contributed by atoms with Gasteiger partial charge in [0, 0.05) is 6.54 Å². The van der Waals surface area contributed by atoms with Gasteiger partial charge in [0.15, 0.2) is 0 Å². The fraction of sp³-hybridized carbons (Fsp3) is 0.750. The van der Waals surface area contributed by atoms with Crippen LogP contribution in [0.3, 0.4) is 0 Å². The molecule has 0 aliphatic carbocycles. The molecule has 0 bridgehead atoms. The van der Waals surface area contributed by atoms with Gasteiger partial charge in [0.05, 0.1) is 6.73 Å². The maximum atomic E-state index is 5.20. The number of hydrogen-bond acceptors (Lipinski definition) is 5. The van der Waals surface area contributed by atoms with Crippen molar-refractivity contribution in [2.24, 2.45) is 0 Å². The molecule has 10 heavy (non-hydrogen) atoms. The summed E-state index contributed by atoms with van der Waals surface area (Å²) in [5.41, 5.74) is 0. The quantitative estimate of drug-likeness (QED) is 0.514. The molecular formula is C4H7N5O. The SMILES string of the molecule is C1NCC(c2nn[nH]n2)O1. The normalized spacial score (nSPS) is 25.4. The van der Waals surface area contributed by atoms with E-state index in [4.69, 9.17) is 4.74 Å². The van der Waals surface area contributed by atoms with Crippen molar-refractivity contribution >= 4 is 0 Å². The average molecular weight is 141 g/mol. The topological polar surface area (TPSA) is 75.7 Å². The third-order valence-corrected chi connectivity index (χ3v) is 1.37. The van der Waals surface area contributed by atoms with Gasteiger partial charge in [-0.2, -0.15) is 5.21 Å². The van der Waals surface area contributed by atoms with Crippen LogP contribution in [0.2, 0.25) is 0 Å². The van der Waals surface area contributed by atoms with E-state index < -0.39 is 0 Å². The Kier molecular flexibility index (Phi) is 1.33. The molecule has 0 aromatic carbocycles. The van der Waals surface area contributed by atoms with Crippen molar-refractivity contribution in [2.75, 3.05) is 13.3 Å². The predicted octanol–water partition coefficient (Wildman–Crippen LogP) is -1.18. The highest BCUT2D eigenvalue weighted by atomic mass is 16.5. The van der Waals surface area contributed by atoms with Crippen LogP contribution in [0.4, 0.5) is 0 Å². The minimum absolute atomic E-state index is 0.0289. The summed E-state index contributed by atoms with van der Waals surface area (Å²) in [7, 11) is 0. The fourth-order valence-corrected chi connectivity index (χ4v) is 0.880. The van der Waals surface area contributed by atoms with Crippen LogP contribution in [-0.2, 0) is 4.74 Å². The first-order chi connectivity index (χ1) is 4.97. The predicted molar refractivity (Wildman–Crippen MR) is 30.9 cm³/mol. The summed E-state index contributed by atoms with van der Waals surface area (Å²) in [5.74, 6) is 0.616. The second-order valence-corrected chi connectivity index (χ2v) is 2.02. The van der Waals surface area contributed by atoms with Crippen LogP contribution >= 0.6 is 0 Å². The summed E-state index contributed by atoms with van der Waals surface area (Å²) in [4.78, 5) is 0. The van der Waals surface area contributed by atoms with Gasteiger partial charge >= 0.3 is 0 Å². The van der Waals surface area contributed by atoms with E-state index in [1.807, 2.05) is 0 Å². The van der Waals surface area contributed by atoms with Crippen LogP contribution < -0.4 is 5.32 Å². The zero-order valence-corrected chi connectivity index (χ0v) is 5.24. The molecule has 54 valence electrons. The van der Waals surface area contributed by atoms with Crippen molar-refractivity contribution in [1.82, 2.24) is 25.9 Å². The minimum atomic E-state index is -0.0289. The smallest absolute Gasteiger partial charge is 0.204 e. The summed E-state index contributed by atoms with van der Waals surface area (Å²) in [6.07, 6.45) is -0.0289. The number of nitrogens with zero attached hydrogens (tertiary/aromatic N) is 3. The van der Waals surface area contributed by atoms with Crippen molar-refractivity contribution in [3.05, 3.63) is 5.82 Å². The molecule has 1 aliphatic heterocycles. The van der Waals surface area contributed by atoms with Crippen molar-refractivity contribution in [3.8, 4) is 0 Å². The van der Waals surface area contributed by atoms with Crippen molar-refractivity contribution in [2.45, 2.75) is 6.10 Å². The van der Waals surface area contributed by atoms with Gasteiger partial charge < -0.3 is 4.74 Å². The maximum Gasteiger partial charge on any atom is 0.204 e. The Morgan fingerprint density at radius 1 is 1.60 bits per heavy atom. The fourth-order valence-electron chi connectivity index (χ4n) is 0.880. The van der Waals surface area contributed by atoms with Crippen LogP contribution in [0, 0.1) is 0 Å². The molecule has 0 saturated carbocycles. The summed E-state index contributed by atoms with van der Waals surface area (Å²) in [6, 6.07) is 0. The molecule has 2 N–H and O–H groups in total. The lowest BCUT2D eigenvalue weighted by atomic mass is 10.3. The van der Waals surface area contributed by atoms with Gasteiger partial charge in [-0.15, -0.1) is 10.2 Å². The maximum absolute atomic E-state index is 5.20. The van der Waals surface area contributed by atoms with Crippen molar-refractivity contribution in [1.29, 1.82) is 0 Å². The molecule has 0 spiro atoms. The number of aromatic amines is 1. The molecule has 1 aromatic rings. The number of nitrogens with one attached hydrogen (secondary N) is 2. The Morgan fingerprint density at radius 2 is 2.60 bits per heavy atom. The molecule has 1 aliphatic rings. The van der Waals surface area contributed by atoms with Crippen LogP contribution in [0.5, 0.6) is 0 Å². The lowest BCUT2D eigenvalue weighted by Crippen LogP contribution is -2.08. The largest absolute Gasteiger partial charge is 0.354 e. The molecule has 6 nitrogen and oxygen atoms in total. The summed E-state index contributed by atoms with van der Waals surface area (Å²) in [6.45, 7) is 1.33. The molecule has 1 fully saturated rings. The van der Waals surface area contributed by atoms with Crippen molar-refractivity contribution in [3.63, 3.8) is 0 Å². The Labute approximate surface area is 57.0 Å². The molecule has 0 radical (unpaired) electrons. The van der Waals surface area contributed by atoms with E-state index in [1.54, 1.807) is 0 Å². The third kappa shape index (κ3) is 0.869. The third-order valence-electron chi connectivity index (χ3n) is 1.37. The van der Waals surface area contributed by atoms with Crippen LogP contribution in [0.1, 0.15) is 11.9 Å². The van der Waals surface area contributed by atoms with Crippen LogP contribution in [-0.4, -0.2) is 33.9 Å². The Hall–Kier alpha value is -1.01. The zero-order valence-electron chi connectivity index (χ0n) is 5.24. The van der Waals surface area contributed by atoms with Gasteiger partial charge in [0.1, 0.15) is 6.10 Å². The Bertz CT molecular complexity index is 191. The first-order valence-electron chi connectivity index (χ1n) is 3.02. The van der Waals surface area contributed by atoms with Gasteiger partial charge in [-0.3, -0.25) is 5.32 Å². The van der Waals surface area contributed by atoms with Gasteiger partial charge in [-0.05, 0) is 0 Å². The van der Waals surface area contributed by atoms with E-state index in [9.17, 15) is 0 Å². The lowest BCUT2D eigenvalue weighted by molar-refractivity contribution is 0.108. The molecular weight excluding hydrogens is 134 g/mol. The van der Waals surface area contributed by atoms with Gasteiger partial charge in [-0.1, -0.05) is 5.21 Å². The van der Waals surface area contributed by atoms with Crippen LogP contribution in [0.15, 0.2) is 0 Å². The summed E-state index contributed by atoms with van der Waals surface area (Å²) >= 11 is 0. The second-order valence-electron chi connectivity index (χ2n) is 2.02. The second kappa shape index (κ2) is 2.31. The monoisotopic (exact) mass is 141 g/mol. The average Bonchev–Trinajstić information content (AvgIpc) is 2.59. The molecule has 1 aromatic heterocycles. The molecule has 2 heterocycles. The Balaban J connectivity index is 2.12. The lowest BCUT2D eigenvalue weighted by Gasteiger charge is -1.98. The molecule has 1 unspecified atom stereocenters. The number of hydrogen-bond donors (Lipinski definition) is 2. The summed E-state index contributed by atoms with van der Waals surface area (Å²) in [5, 5.41) is 16.4. The number of aromatic nitrogens is 4. The molecule has 1 atom stereocenters. The highest BCUT2D eigenvalue weighted by Gasteiger charge is 2.20. The number of H-pyrrole nitrogens is 1. The number of ether oxygens (including phenoxy) is 1. The standard InChI is InChI=1S/C4H7N5O/c1-3(10-2-5-1)4-6-8-9-7-4/h3,5H,1-2H2,(H,6,7,8,9). The molecule has 6 heteroatoms. The highest BCUT2D eigenvalue weighted by Crippen LogP contribution is 2.12. The van der Waals surface area contributed by atoms with E-state index >= 15 is 0 Å². The highest BCUT2D eigenvalue weighted by molar-refractivity contribution is 4.87. The van der Waals surface area contributed by atoms with E-state index in [1.165, 1.54) is 0 Å². The first-order valence-corrected chi connectivity index (χ1v) is 3.02. The van der Waals surface area contributed by atoms with E-state index in [0.29, 0.717) is 12.6 Å². The minimum Gasteiger partial charge on any atom is -0.354 e. The van der Waals surface area contributed by atoms with Crippen LogP contribution in [0.25, 0.3) is 0 Å². The number of rotatable bonds is 1. The van der Waals surface area contributed by atoms with E-state index in [-0.39, 0.29) is 6.10 Å². The van der Waals surface area contributed by atoms with Gasteiger partial charge in [-0.25, -0.2) is 0 Å². The Morgan fingerprint density at radius 3 is 3.20 bits per heavy atom. The molecule has 0 amide bonds. The van der Waals surface area contributed by atoms with Gasteiger partial charge in [0.2, 0.25) is 5.82 Å². The first kappa shape index (κ1) is 5.75. The summed E-state index contributed by atoms with van der Waals surface area (Å²) < 4.78 is 5.20. The molecule has 2 rings (SSSR count). The number of tetrazole rings is 1. The van der Waals surface area contributed by atoms with Crippen molar-refractivity contribution < 1.29 is 4.74 Å². The van der Waals surface area contributed by atoms with Gasteiger partial charge in [0.25, 0.3) is 0 Å².